The zero-order valence-electron chi connectivity index (χ0n) is 36.6. The molecule has 1 saturated heterocycles. The van der Waals surface area contributed by atoms with Gasteiger partial charge in [0.15, 0.2) is 5.71 Å². The maximum Gasteiger partial charge on any atom is 0.333 e. The number of carbonyl (C=O) groups excluding carboxylic acids is 3. The van der Waals surface area contributed by atoms with Crippen molar-refractivity contribution in [2.75, 3.05) is 51.2 Å². The Morgan fingerprint density at radius 2 is 1.37 bits per heavy atom. The van der Waals surface area contributed by atoms with Crippen LogP contribution in [0, 0.1) is 0 Å². The Balaban J connectivity index is 1.41. The molecule has 354 valence electrons. The summed E-state index contributed by atoms with van der Waals surface area (Å²) in [7, 11) is -10.8. The third-order valence-electron chi connectivity index (χ3n) is 11.8. The van der Waals surface area contributed by atoms with E-state index in [-0.39, 0.29) is 43.7 Å². The quantitative estimate of drug-likeness (QED) is 0.0521. The van der Waals surface area contributed by atoms with Gasteiger partial charge < -0.3 is 28.3 Å². The number of hydrogen-bond acceptors (Lipinski definition) is 15. The topological polar surface area (TPSA) is 257 Å². The van der Waals surface area contributed by atoms with Crippen LogP contribution in [0.3, 0.4) is 0 Å². The molecule has 3 aliphatic rings. The van der Waals surface area contributed by atoms with Gasteiger partial charge in [-0.3, -0.25) is 14.1 Å². The zero-order valence-corrected chi connectivity index (χ0v) is 39.1. The lowest BCUT2D eigenvalue weighted by Crippen LogP contribution is -2.33. The summed E-state index contributed by atoms with van der Waals surface area (Å²) in [5.41, 5.74) is 2.25. The molecule has 1 N–H and O–H groups in total. The van der Waals surface area contributed by atoms with Crippen LogP contribution in [0.4, 0.5) is 11.4 Å². The molecular weight excluding hydrogens is 907 g/mol. The normalized spacial score (nSPS) is 21.0. The fraction of sp³-hybridized carbons (Fsp3) is 0.455. The van der Waals surface area contributed by atoms with Gasteiger partial charge in [0.05, 0.1) is 21.0 Å². The zero-order chi connectivity index (χ0) is 47.8. The van der Waals surface area contributed by atoms with Crippen molar-refractivity contribution in [2.45, 2.75) is 92.3 Å². The summed E-state index contributed by atoms with van der Waals surface area (Å²) in [5, 5.41) is 0.517. The molecule has 2 unspecified atom stereocenters. The van der Waals surface area contributed by atoms with Crippen LogP contribution in [0.1, 0.15) is 82.8 Å². The number of methoxy groups -OCH3 is 2. The van der Waals surface area contributed by atoms with Crippen LogP contribution in [0.25, 0.3) is 0 Å². The molecular formula is C44H54N3O15S3-. The van der Waals surface area contributed by atoms with Gasteiger partial charge in [0.25, 0.3) is 21.9 Å². The van der Waals surface area contributed by atoms with Crippen molar-refractivity contribution in [1.29, 1.82) is 0 Å². The molecule has 0 bridgehead atoms. The smallest absolute Gasteiger partial charge is 0.333 e. The van der Waals surface area contributed by atoms with Gasteiger partial charge in [0.2, 0.25) is 5.69 Å². The van der Waals surface area contributed by atoms with Crippen molar-refractivity contribution in [3.63, 3.8) is 0 Å². The van der Waals surface area contributed by atoms with E-state index < -0.39 is 69.6 Å². The van der Waals surface area contributed by atoms with Crippen LogP contribution in [-0.2, 0) is 69.9 Å². The van der Waals surface area contributed by atoms with Gasteiger partial charge in [-0.1, -0.05) is 36.8 Å². The molecule has 2 atom stereocenters. The number of hydrogen-bond donors (Lipinski definition) is 1. The lowest BCUT2D eigenvalue weighted by Gasteiger charge is -2.30. The molecule has 65 heavy (non-hydrogen) atoms. The third-order valence-corrected chi connectivity index (χ3v) is 14.3. The van der Waals surface area contributed by atoms with Crippen LogP contribution in [0.15, 0.2) is 94.4 Å². The summed E-state index contributed by atoms with van der Waals surface area (Å²) in [4.78, 5) is 42.3. The molecule has 0 radical (unpaired) electrons. The van der Waals surface area contributed by atoms with E-state index in [0.29, 0.717) is 78.5 Å². The van der Waals surface area contributed by atoms with Crippen LogP contribution < -0.4 is 4.90 Å². The van der Waals surface area contributed by atoms with Crippen LogP contribution in [0.2, 0.25) is 0 Å². The van der Waals surface area contributed by atoms with E-state index in [2.05, 4.69) is 0 Å². The minimum absolute atomic E-state index is 0.00655. The number of anilines is 1. The van der Waals surface area contributed by atoms with E-state index in [9.17, 15) is 53.3 Å². The first-order valence-electron chi connectivity index (χ1n) is 20.9. The minimum Gasteiger partial charge on any atom is -0.744 e. The number of allylic oxidation sites excluding steroid dienone is 8. The van der Waals surface area contributed by atoms with Gasteiger partial charge in [-0.15, -0.1) is 5.06 Å². The Hall–Kier alpha value is -4.87. The summed E-state index contributed by atoms with van der Waals surface area (Å²) in [6.45, 7) is 4.99. The molecule has 0 spiro atoms. The van der Waals surface area contributed by atoms with Crippen LogP contribution in [-0.4, -0.2) is 118 Å². The third kappa shape index (κ3) is 12.3. The average Bonchev–Trinajstić information content (AvgIpc) is 3.76. The molecule has 5 rings (SSSR count). The summed E-state index contributed by atoms with van der Waals surface area (Å²) >= 11 is 0. The predicted molar refractivity (Wildman–Crippen MR) is 236 cm³/mol. The van der Waals surface area contributed by atoms with E-state index in [1.54, 1.807) is 49.6 Å². The number of ether oxygens (including phenoxy) is 2. The standard InChI is InChI=1S/C44H55N3O15S3/c1-43(23-27-60-3)34-30-32(64(54,55)56)17-19-36(34)45(25-12-8-11-16-42(50)62-47-40(48)21-22-41(47)49)38(43)14-9-6-5-7-10-15-39-44(2,24-28-61-4)35-31-33(65(57,58)59)18-20-37(35)46(39)26-13-29-63(51,52)53/h5-7,9-10,14-15,17-20,30-31H,8,11-13,16,21-29H2,1-4H3,(H2-,51,52,53,54,55,56,57,58,59)/p-1. The van der Waals surface area contributed by atoms with Crippen molar-refractivity contribution >= 4 is 65.2 Å². The predicted octanol–water partition coefficient (Wildman–Crippen LogP) is 4.70. The van der Waals surface area contributed by atoms with E-state index in [0.717, 1.165) is 5.70 Å². The molecule has 0 aliphatic carbocycles. The molecule has 21 heteroatoms. The highest BCUT2D eigenvalue weighted by atomic mass is 32.2. The fourth-order valence-electron chi connectivity index (χ4n) is 8.41. The van der Waals surface area contributed by atoms with E-state index in [1.165, 1.54) is 37.4 Å². The number of benzene rings is 2. The molecule has 1 fully saturated rings. The Kier molecular flexibility index (Phi) is 16.7. The summed E-state index contributed by atoms with van der Waals surface area (Å²) in [6.07, 6.45) is 14.9. The SMILES string of the molecule is COCCC1(C)C(=CC=CC=CC=CC2=[N+](CCCS(=O)(=O)O)c3ccc(S(=O)(=O)[O-])cc3C2(C)CCOC)N(CCCCCC(=O)ON2C(=O)CCC2=O)c2ccc(S(=O)(=O)[O-])cc21. The Labute approximate surface area is 380 Å². The summed E-state index contributed by atoms with van der Waals surface area (Å²) in [5.74, 6) is -2.32. The maximum absolute atomic E-state index is 12.4. The summed E-state index contributed by atoms with van der Waals surface area (Å²) < 4.78 is 118. The number of nitrogens with zero attached hydrogens (tertiary/aromatic N) is 3. The first kappa shape index (κ1) is 51.1. The van der Waals surface area contributed by atoms with Crippen molar-refractivity contribution in [3.05, 3.63) is 95.8 Å². The van der Waals surface area contributed by atoms with Crippen molar-refractivity contribution < 1.29 is 72.2 Å². The fourth-order valence-corrected chi connectivity index (χ4v) is 9.89. The molecule has 2 amide bonds. The second kappa shape index (κ2) is 21.2. The lowest BCUT2D eigenvalue weighted by molar-refractivity contribution is -0.437. The van der Waals surface area contributed by atoms with Gasteiger partial charge in [0.1, 0.15) is 26.8 Å². The number of fused-ring (bicyclic) bond motifs is 2. The van der Waals surface area contributed by atoms with Crippen molar-refractivity contribution in [1.82, 2.24) is 5.06 Å². The van der Waals surface area contributed by atoms with Gasteiger partial charge >= 0.3 is 5.97 Å². The Morgan fingerprint density at radius 3 is 1.98 bits per heavy atom. The van der Waals surface area contributed by atoms with E-state index in [1.807, 2.05) is 29.4 Å². The maximum atomic E-state index is 12.4. The highest BCUT2D eigenvalue weighted by Gasteiger charge is 2.48. The van der Waals surface area contributed by atoms with Gasteiger partial charge in [0, 0.05) is 94.2 Å². The number of imide groups is 1. The largest absolute Gasteiger partial charge is 0.744 e. The average molecular weight is 961 g/mol. The molecule has 3 heterocycles. The highest BCUT2D eigenvalue weighted by Crippen LogP contribution is 2.51. The molecule has 2 aromatic rings. The first-order valence-corrected chi connectivity index (χ1v) is 25.3. The number of carbonyl (C=O) groups is 3. The Morgan fingerprint density at radius 1 is 0.785 bits per heavy atom. The molecule has 18 nitrogen and oxygen atoms in total. The molecule has 0 saturated carbocycles. The summed E-state index contributed by atoms with van der Waals surface area (Å²) in [6, 6.07) is 8.34. The molecule has 2 aromatic carbocycles. The number of unbranched alkanes of at least 4 members (excludes halogenated alkanes) is 2. The first-order chi connectivity index (χ1) is 30.5. The highest BCUT2D eigenvalue weighted by molar-refractivity contribution is 7.86. The van der Waals surface area contributed by atoms with Gasteiger partial charge in [-0.05, 0) is 81.5 Å². The second-order valence-electron chi connectivity index (χ2n) is 16.3. The van der Waals surface area contributed by atoms with Crippen LogP contribution >= 0.6 is 0 Å². The van der Waals surface area contributed by atoms with Crippen LogP contribution in [0.5, 0.6) is 0 Å². The van der Waals surface area contributed by atoms with E-state index >= 15 is 0 Å². The monoisotopic (exact) mass is 960 g/mol. The Bertz CT molecular complexity index is 2640. The molecule has 3 aliphatic heterocycles. The minimum atomic E-state index is -4.80. The second-order valence-corrected chi connectivity index (χ2v) is 20.6. The van der Waals surface area contributed by atoms with Gasteiger partial charge in [-0.25, -0.2) is 21.6 Å². The van der Waals surface area contributed by atoms with E-state index in [4.69, 9.17) is 14.3 Å². The van der Waals surface area contributed by atoms with Crippen molar-refractivity contribution in [2.24, 2.45) is 0 Å². The number of hydroxylamine groups is 2. The lowest BCUT2D eigenvalue weighted by atomic mass is 9.76. The number of rotatable bonds is 23. The number of amides is 2. The molecule has 0 aromatic heterocycles. The van der Waals surface area contributed by atoms with Crippen molar-refractivity contribution in [3.8, 4) is 0 Å². The van der Waals surface area contributed by atoms with Gasteiger partial charge in [-0.2, -0.15) is 13.0 Å².